The molecule has 452 valence electrons. The van der Waals surface area contributed by atoms with Crippen LogP contribution in [0.3, 0.4) is 0 Å². The van der Waals surface area contributed by atoms with Gasteiger partial charge in [0, 0.05) is 6.42 Å². The Balaban J connectivity index is 3.15. The molecule has 0 aliphatic carbocycles. The molecule has 0 bridgehead atoms. The quantitative estimate of drug-likeness (QED) is 0.0170. The number of nitrogens with one attached hydrogen (secondary N) is 2. The van der Waals surface area contributed by atoms with Crippen LogP contribution in [-0.4, -0.2) is 113 Å². The van der Waals surface area contributed by atoms with Crippen LogP contribution in [0.15, 0.2) is 0 Å². The number of esters is 1. The fourth-order valence-corrected chi connectivity index (χ4v) is 10.8. The highest BCUT2D eigenvalue weighted by Crippen LogP contribution is 2.42. The van der Waals surface area contributed by atoms with Crippen LogP contribution in [-0.2, 0) is 47.3 Å². The number of aliphatic hydroxyl groups is 1. The number of carbonyl (C=O) groups is 5. The summed E-state index contributed by atoms with van der Waals surface area (Å²) >= 11 is 0. The molecular formula is C59H111N2O15P. The molecule has 7 atom stereocenters. The van der Waals surface area contributed by atoms with Crippen LogP contribution in [0, 0.1) is 5.92 Å². The van der Waals surface area contributed by atoms with E-state index >= 15 is 0 Å². The van der Waals surface area contributed by atoms with Crippen molar-refractivity contribution in [3.63, 3.8) is 0 Å². The zero-order chi connectivity index (χ0) is 57.5. The lowest BCUT2D eigenvalue weighted by molar-refractivity contribution is -0.194. The highest BCUT2D eigenvalue weighted by molar-refractivity contribution is 7.46. The molecule has 1 aliphatic rings. The number of phosphoric ester groups is 1. The second-order valence-electron chi connectivity index (χ2n) is 22.1. The van der Waals surface area contributed by atoms with Gasteiger partial charge in [-0.25, -0.2) is 9.36 Å². The first-order valence-corrected chi connectivity index (χ1v) is 32.4. The Morgan fingerprint density at radius 3 is 1.43 bits per heavy atom. The molecule has 0 aromatic rings. The van der Waals surface area contributed by atoms with Gasteiger partial charge in [-0.3, -0.25) is 23.7 Å². The number of unbranched alkanes of at least 4 members (excludes halogenated alkanes) is 32. The van der Waals surface area contributed by atoms with Gasteiger partial charge in [-0.1, -0.05) is 245 Å². The summed E-state index contributed by atoms with van der Waals surface area (Å²) in [4.78, 5) is 78.1. The number of carbonyl (C=O) groups excluding carboxylic acids is 3. The second-order valence-corrected chi connectivity index (χ2v) is 23.3. The van der Waals surface area contributed by atoms with Crippen LogP contribution in [0.5, 0.6) is 0 Å². The normalized spacial score (nSPS) is 18.3. The number of aliphatic hydroxyl groups excluding tert-OH is 1. The number of aliphatic carboxylic acids is 2. The van der Waals surface area contributed by atoms with Crippen LogP contribution in [0.25, 0.3) is 0 Å². The number of ether oxygens (including phenoxy) is 3. The van der Waals surface area contributed by atoms with Crippen molar-refractivity contribution in [2.24, 2.45) is 5.92 Å². The van der Waals surface area contributed by atoms with Gasteiger partial charge < -0.3 is 50.0 Å². The maximum absolute atomic E-state index is 14.6. The zero-order valence-corrected chi connectivity index (χ0v) is 49.3. The summed E-state index contributed by atoms with van der Waals surface area (Å²) in [5.74, 6) is -5.31. The van der Waals surface area contributed by atoms with Crippen molar-refractivity contribution in [3.8, 4) is 0 Å². The van der Waals surface area contributed by atoms with Crippen molar-refractivity contribution in [1.29, 1.82) is 1.43 Å². The molecule has 1 unspecified atom stereocenters. The molecule has 0 aromatic heterocycles. The van der Waals surface area contributed by atoms with Crippen molar-refractivity contribution in [2.45, 2.75) is 321 Å². The lowest BCUT2D eigenvalue weighted by Gasteiger charge is -2.42. The molecule has 0 spiro atoms. The molecule has 1 fully saturated rings. The Labute approximate surface area is 466 Å². The van der Waals surface area contributed by atoms with Crippen LogP contribution in [0.4, 0.5) is 0 Å². The predicted molar refractivity (Wildman–Crippen MR) is 302 cm³/mol. The summed E-state index contributed by atoms with van der Waals surface area (Å²) in [6.45, 7) is 4.94. The summed E-state index contributed by atoms with van der Waals surface area (Å²) in [5, 5.41) is 34.2. The first-order chi connectivity index (χ1) is 37.7. The fraction of sp³-hybridized carbons (Fsp3) is 0.915. The second kappa shape index (κ2) is 48.1. The molecule has 0 saturated carbocycles. The average molecular weight is 1120 g/mol. The van der Waals surface area contributed by atoms with E-state index in [2.05, 4.69) is 29.4 Å². The molecule has 77 heavy (non-hydrogen) atoms. The zero-order valence-electron chi connectivity index (χ0n) is 49.4. The number of hydrogen-bond acceptors (Lipinski definition) is 12. The third-order valence-corrected chi connectivity index (χ3v) is 15.4. The van der Waals surface area contributed by atoms with Gasteiger partial charge in [0.25, 0.3) is 0 Å². The van der Waals surface area contributed by atoms with E-state index < -0.39 is 99.6 Å². The number of hydrogen-bond donors (Lipinski definition) is 7. The van der Waals surface area contributed by atoms with E-state index in [1.807, 2.05) is 6.92 Å². The summed E-state index contributed by atoms with van der Waals surface area (Å²) in [7, 11) is -5.18. The van der Waals surface area contributed by atoms with Crippen LogP contribution >= 0.6 is 7.82 Å². The lowest BCUT2D eigenvalue weighted by atomic mass is 9.93. The van der Waals surface area contributed by atoms with Gasteiger partial charge >= 0.3 is 25.7 Å². The van der Waals surface area contributed by atoms with E-state index in [4.69, 9.17) is 25.3 Å². The van der Waals surface area contributed by atoms with Gasteiger partial charge in [-0.05, 0) is 25.7 Å². The Bertz CT molecular complexity index is 1550. The Kier molecular flexibility index (Phi) is 44.0. The van der Waals surface area contributed by atoms with Crippen LogP contribution in [0.1, 0.15) is 284 Å². The van der Waals surface area contributed by atoms with Gasteiger partial charge in [-0.15, -0.1) is 0 Å². The fourth-order valence-electron chi connectivity index (χ4n) is 10.3. The number of carboxylic acids is 2. The van der Waals surface area contributed by atoms with Crippen molar-refractivity contribution in [1.82, 2.24) is 10.6 Å². The molecule has 1 aliphatic heterocycles. The number of phosphoric acid groups is 1. The average Bonchev–Trinajstić information content (AvgIpc) is 3.41. The maximum atomic E-state index is 14.6. The number of carboxylic acid groups (broad SMARTS) is 2. The summed E-state index contributed by atoms with van der Waals surface area (Å²) in [6.07, 6.45) is 36.3. The largest absolute Gasteiger partial charge is 0.481 e. The number of rotatable bonds is 55. The van der Waals surface area contributed by atoms with Gasteiger partial charge in [-0.2, -0.15) is 0 Å². The number of amides is 2. The van der Waals surface area contributed by atoms with Crippen molar-refractivity contribution in [2.75, 3.05) is 19.8 Å². The maximum Gasteiger partial charge on any atom is 0.470 e. The van der Waals surface area contributed by atoms with E-state index in [1.54, 1.807) is 0 Å². The minimum atomic E-state index is -5.18. The third-order valence-electron chi connectivity index (χ3n) is 14.9. The molecule has 18 heteroatoms. The van der Waals surface area contributed by atoms with Crippen LogP contribution < -0.4 is 10.6 Å². The molecule has 7 N–H and O–H groups in total. The van der Waals surface area contributed by atoms with Gasteiger partial charge in [0.15, 0.2) is 6.10 Å². The van der Waals surface area contributed by atoms with E-state index in [0.717, 1.165) is 64.2 Å². The first kappa shape index (κ1) is 70.4. The van der Waals surface area contributed by atoms with Crippen LogP contribution in [0.2, 0.25) is 0 Å². The highest BCUT2D eigenvalue weighted by Gasteiger charge is 2.48. The summed E-state index contributed by atoms with van der Waals surface area (Å²) in [5.41, 5.74) is 0. The molecule has 1 heterocycles. The first-order valence-electron chi connectivity index (χ1n) is 31.4. The topological polar surface area (TPSA) is 265 Å². The van der Waals surface area contributed by atoms with Gasteiger partial charge in [0.2, 0.25) is 13.2 Å². The van der Waals surface area contributed by atoms with E-state index in [-0.39, 0.29) is 19.4 Å². The van der Waals surface area contributed by atoms with E-state index in [0.29, 0.717) is 25.7 Å². The Morgan fingerprint density at radius 1 is 0.597 bits per heavy atom. The molecule has 2 amide bonds. The van der Waals surface area contributed by atoms with E-state index in [9.17, 15) is 43.6 Å². The molecule has 0 aromatic carbocycles. The third kappa shape index (κ3) is 41.1. The Hall–Kier alpha value is -2.66. The minimum Gasteiger partial charge on any atom is -0.481 e. The molecule has 17 nitrogen and oxygen atoms in total. The summed E-state index contributed by atoms with van der Waals surface area (Å²) in [6, 6.07) is -2.67. The molecular weight excluding hydrogens is 1010 g/mol. The van der Waals surface area contributed by atoms with Crippen molar-refractivity contribution < 1.29 is 72.4 Å². The van der Waals surface area contributed by atoms with Gasteiger partial charge in [0.1, 0.15) is 24.9 Å². The highest BCUT2D eigenvalue weighted by atomic mass is 31.2. The Morgan fingerprint density at radius 2 is 1.01 bits per heavy atom. The molecule has 1 rings (SSSR count). The molecule has 1 saturated heterocycles. The SMILES string of the molecule is [2H]OP(=O)(O)O[C@H]1[C@H](OC(=O)C(CCCCCCCCCCCCCCCCCC)CCCCCCCCCCCCCCCCCC)[C@@H](NC(=O)C[C@H](O)CCCCC)CO[C@@H]1COCC(=O)N[C@@H](CCC(=O)O)C(=O)O. The lowest BCUT2D eigenvalue weighted by Crippen LogP contribution is -2.62. The minimum absolute atomic E-state index is 0.271. The molecule has 0 radical (unpaired) electrons. The monoisotopic (exact) mass is 1120 g/mol. The van der Waals surface area contributed by atoms with E-state index in [1.165, 1.54) is 154 Å². The predicted octanol–water partition coefficient (Wildman–Crippen LogP) is 13.0. The summed E-state index contributed by atoms with van der Waals surface area (Å²) < 4.78 is 43.6. The van der Waals surface area contributed by atoms with Gasteiger partial charge in [0.05, 0.1) is 37.7 Å². The smallest absolute Gasteiger partial charge is 0.470 e. The van der Waals surface area contributed by atoms with Crippen molar-refractivity contribution in [3.05, 3.63) is 0 Å². The standard InChI is InChI=1S/C59H111N2O15P/c1-4-7-10-12-14-16-18-20-22-24-26-28-30-32-34-37-39-48(40-38-35-33-31-29-27-25-23-21-19-17-15-13-11-8-5-2)59(69)75-56-51(61-53(63)44-49(62)41-36-9-6-3)45-74-52(57(56)76-77(70,71)72)46-73-47-54(64)60-50(58(67)68)42-43-55(65)66/h48-52,56-57,62H,4-47H2,1-3H3,(H,60,64)(H,61,63)(H,65,66)(H,67,68)(H2,70,71,72)/t49-,50+,51+,52-,56-,57-/m1/s1/i/hD. The van der Waals surface area contributed by atoms with Crippen molar-refractivity contribution >= 4 is 37.5 Å².